The Labute approximate surface area is 267 Å². The molecule has 2 N–H and O–H groups in total. The van der Waals surface area contributed by atoms with Gasteiger partial charge < -0.3 is 19.1 Å². The number of hydrogen-bond donors (Lipinski definition) is 2. The van der Waals surface area contributed by atoms with Gasteiger partial charge in [-0.25, -0.2) is 0 Å². The Hall–Kier alpha value is -2.59. The summed E-state index contributed by atoms with van der Waals surface area (Å²) >= 11 is 0. The predicted molar refractivity (Wildman–Crippen MR) is 184 cm³/mol. The van der Waals surface area contributed by atoms with Crippen LogP contribution in [0.3, 0.4) is 0 Å². The summed E-state index contributed by atoms with van der Waals surface area (Å²) in [4.78, 5) is 22.8. The van der Waals surface area contributed by atoms with E-state index in [0.29, 0.717) is 43.2 Å². The van der Waals surface area contributed by atoms with Gasteiger partial charge in [0.2, 0.25) is 16.6 Å². The number of carbonyl (C=O) groups is 2. The van der Waals surface area contributed by atoms with Gasteiger partial charge in [-0.3, -0.25) is 9.59 Å². The lowest BCUT2D eigenvalue weighted by atomic mass is 9.83. The van der Waals surface area contributed by atoms with Crippen LogP contribution in [0.2, 0.25) is 36.3 Å². The van der Waals surface area contributed by atoms with Gasteiger partial charge in [-0.1, -0.05) is 53.7 Å². The van der Waals surface area contributed by atoms with Gasteiger partial charge in [-0.15, -0.1) is 0 Å². The number of benzene rings is 2. The number of phenolic OH excluding ortho intramolecular Hbond substituents is 2. The summed E-state index contributed by atoms with van der Waals surface area (Å²) in [5.74, 6) is 3.46. The van der Waals surface area contributed by atoms with Gasteiger partial charge in [0.15, 0.2) is 0 Å². The fraction of sp³-hybridized carbons (Fsp3) is 0.611. The Morgan fingerprint density at radius 2 is 1.07 bits per heavy atom. The molecule has 8 heteroatoms. The van der Waals surface area contributed by atoms with Gasteiger partial charge in [0.05, 0.1) is 0 Å². The summed E-state index contributed by atoms with van der Waals surface area (Å²) in [6.07, 6.45) is 6.04. The molecule has 0 unspecified atom stereocenters. The van der Waals surface area contributed by atoms with E-state index in [-0.39, 0.29) is 27.5 Å². The molecule has 0 bridgehead atoms. The first-order valence-electron chi connectivity index (χ1n) is 16.3. The van der Waals surface area contributed by atoms with Crippen molar-refractivity contribution in [1.29, 1.82) is 0 Å². The quantitative estimate of drug-likeness (QED) is 0.305. The Morgan fingerprint density at radius 3 is 1.52 bits per heavy atom. The molecule has 0 spiro atoms. The first kappa shape index (κ1) is 35.9. The van der Waals surface area contributed by atoms with Gasteiger partial charge in [0.25, 0.3) is 0 Å². The average molecular weight is 641 g/mol. The van der Waals surface area contributed by atoms with Crippen LogP contribution in [-0.2, 0) is 9.59 Å². The second-order valence-electron chi connectivity index (χ2n) is 15.8. The number of hydrogen-bond acceptors (Lipinski definition) is 6. The first-order chi connectivity index (χ1) is 20.2. The van der Waals surface area contributed by atoms with Crippen molar-refractivity contribution in [1.82, 2.24) is 0 Å². The lowest BCUT2D eigenvalue weighted by Gasteiger charge is -2.39. The number of aromatic hydroxyl groups is 2. The molecule has 4 rings (SSSR count). The molecule has 44 heavy (non-hydrogen) atoms. The lowest BCUT2D eigenvalue weighted by molar-refractivity contribution is -0.121. The Bertz CT molecular complexity index is 1300. The van der Waals surface area contributed by atoms with E-state index < -0.39 is 16.6 Å². The highest BCUT2D eigenvalue weighted by Crippen LogP contribution is 2.45. The van der Waals surface area contributed by atoms with E-state index in [4.69, 9.17) is 14.0 Å². The van der Waals surface area contributed by atoms with Crippen LogP contribution in [-0.4, -0.2) is 38.4 Å². The van der Waals surface area contributed by atoms with Gasteiger partial charge >= 0.3 is 0 Å². The largest absolute Gasteiger partial charge is 0.543 e. The zero-order valence-corrected chi connectivity index (χ0v) is 30.8. The second kappa shape index (κ2) is 13.8. The van der Waals surface area contributed by atoms with Crippen molar-refractivity contribution >= 4 is 28.2 Å². The third kappa shape index (κ3) is 9.22. The molecule has 0 aromatic heterocycles. The highest BCUT2D eigenvalue weighted by atomic mass is 28.4. The minimum Gasteiger partial charge on any atom is -0.543 e. The highest BCUT2D eigenvalue weighted by Gasteiger charge is 2.41. The van der Waals surface area contributed by atoms with Crippen molar-refractivity contribution in [3.8, 4) is 23.0 Å². The van der Waals surface area contributed by atoms with Crippen LogP contribution in [0.1, 0.15) is 116 Å². The van der Waals surface area contributed by atoms with E-state index in [2.05, 4.69) is 85.9 Å². The van der Waals surface area contributed by atoms with Gasteiger partial charge in [0.1, 0.15) is 34.6 Å². The predicted octanol–water partition coefficient (Wildman–Crippen LogP) is 10.0. The summed E-state index contributed by atoms with van der Waals surface area (Å²) in [5.41, 5.74) is 2.10. The summed E-state index contributed by atoms with van der Waals surface area (Å²) in [5, 5.41) is 19.1. The Balaban J connectivity index is 0.000000293. The summed E-state index contributed by atoms with van der Waals surface area (Å²) < 4.78 is 13.4. The monoisotopic (exact) mass is 640 g/mol. The molecule has 2 aromatic carbocycles. The van der Waals surface area contributed by atoms with Gasteiger partial charge in [-0.05, 0) is 97.0 Å². The second-order valence-corrected chi connectivity index (χ2v) is 25.2. The maximum absolute atomic E-state index is 11.8. The maximum Gasteiger partial charge on any atom is 0.250 e. The molecule has 2 aliphatic rings. The minimum absolute atomic E-state index is 0.0723. The zero-order chi connectivity index (χ0) is 33.1. The van der Waals surface area contributed by atoms with Gasteiger partial charge in [0, 0.05) is 37.8 Å². The molecule has 6 nitrogen and oxygen atoms in total. The summed E-state index contributed by atoms with van der Waals surface area (Å²) in [6.45, 7) is 22.8. The molecule has 0 aliphatic heterocycles. The molecular weight excluding hydrogens is 585 g/mol. The molecule has 2 saturated carbocycles. The van der Waals surface area contributed by atoms with Crippen molar-refractivity contribution in [3.63, 3.8) is 0 Å². The van der Waals surface area contributed by atoms with E-state index in [9.17, 15) is 14.7 Å². The number of rotatable bonds is 6. The van der Waals surface area contributed by atoms with E-state index >= 15 is 0 Å². The molecule has 0 saturated heterocycles. The van der Waals surface area contributed by atoms with Crippen molar-refractivity contribution in [2.75, 3.05) is 0 Å². The van der Waals surface area contributed by atoms with Crippen LogP contribution in [0.5, 0.6) is 23.0 Å². The van der Waals surface area contributed by atoms with Crippen molar-refractivity contribution < 1.29 is 28.7 Å². The number of Topliss-reactive ketones (excluding diaryl/α,β-unsaturated/α-hetero) is 2. The SMILES string of the molecule is CC(C)(C)[Si](C)(C)Oc1ccc(C2CCC(=O)CC2)c(O[Si](C)(C)C(C)(C)C)c1.O=C1CCC(c2ccc(O)cc2O)CC1. The average Bonchev–Trinajstić information content (AvgIpc) is 2.89. The Kier molecular flexibility index (Phi) is 11.3. The number of phenols is 2. The van der Waals surface area contributed by atoms with Crippen LogP contribution >= 0.6 is 0 Å². The third-order valence-corrected chi connectivity index (χ3v) is 19.0. The van der Waals surface area contributed by atoms with Crippen molar-refractivity contribution in [2.24, 2.45) is 0 Å². The number of carbonyl (C=O) groups excluding carboxylic acids is 2. The van der Waals surface area contributed by atoms with Crippen LogP contribution in [0.4, 0.5) is 0 Å². The van der Waals surface area contributed by atoms with Crippen LogP contribution < -0.4 is 8.85 Å². The molecule has 2 aliphatic carbocycles. The molecule has 0 radical (unpaired) electrons. The molecule has 0 amide bonds. The van der Waals surface area contributed by atoms with Gasteiger partial charge in [-0.2, -0.15) is 0 Å². The number of ketones is 2. The topological polar surface area (TPSA) is 93.1 Å². The molecule has 0 atom stereocenters. The normalized spacial score (nSPS) is 17.6. The van der Waals surface area contributed by atoms with E-state index in [1.165, 1.54) is 11.6 Å². The zero-order valence-electron chi connectivity index (χ0n) is 28.8. The van der Waals surface area contributed by atoms with Crippen LogP contribution in [0.15, 0.2) is 36.4 Å². The first-order valence-corrected chi connectivity index (χ1v) is 22.1. The summed E-state index contributed by atoms with van der Waals surface area (Å²) in [7, 11) is -3.90. The van der Waals surface area contributed by atoms with E-state index in [0.717, 1.165) is 42.7 Å². The lowest BCUT2D eigenvalue weighted by Crippen LogP contribution is -2.44. The van der Waals surface area contributed by atoms with Crippen LogP contribution in [0, 0.1) is 0 Å². The maximum atomic E-state index is 11.8. The molecule has 244 valence electrons. The minimum atomic E-state index is -1.98. The highest BCUT2D eigenvalue weighted by molar-refractivity contribution is 6.75. The molecular formula is C36H56O6Si2. The molecule has 2 fully saturated rings. The smallest absolute Gasteiger partial charge is 0.250 e. The fourth-order valence-corrected chi connectivity index (χ4v) is 7.31. The molecule has 2 aromatic rings. The molecule has 0 heterocycles. The fourth-order valence-electron chi connectivity index (χ4n) is 5.26. The Morgan fingerprint density at radius 1 is 0.636 bits per heavy atom. The summed E-state index contributed by atoms with van der Waals surface area (Å²) in [6, 6.07) is 11.1. The van der Waals surface area contributed by atoms with Crippen molar-refractivity contribution in [3.05, 3.63) is 47.5 Å². The van der Waals surface area contributed by atoms with E-state index in [1.54, 1.807) is 12.1 Å². The van der Waals surface area contributed by atoms with Crippen LogP contribution in [0.25, 0.3) is 0 Å². The van der Waals surface area contributed by atoms with Crippen molar-refractivity contribution in [2.45, 2.75) is 141 Å². The third-order valence-electron chi connectivity index (χ3n) is 10.3. The van der Waals surface area contributed by atoms with E-state index in [1.807, 2.05) is 0 Å². The standard InChI is InChI=1S/C24H42O3Si2.C12H14O3/c1-23(2,3)28(7,8)26-20-15-16-21(18-11-13-19(25)14-12-18)22(17-20)27-29(9,10)24(4,5)6;13-9-3-1-8(2-4-9)11-6-5-10(14)7-12(11)15/h15-18H,11-14H2,1-10H3;5-8,14-15H,1-4H2.